The van der Waals surface area contributed by atoms with Gasteiger partial charge in [0.2, 0.25) is 5.91 Å². The van der Waals surface area contributed by atoms with E-state index in [4.69, 9.17) is 0 Å². The first kappa shape index (κ1) is 17.2. The van der Waals surface area contributed by atoms with Crippen LogP contribution in [0.5, 0.6) is 0 Å². The van der Waals surface area contributed by atoms with Gasteiger partial charge < -0.3 is 10.2 Å². The predicted molar refractivity (Wildman–Crippen MR) is 65.3 cm³/mol. The highest BCUT2D eigenvalue weighted by molar-refractivity contribution is 5.77. The van der Waals surface area contributed by atoms with Gasteiger partial charge in [-0.1, -0.05) is 13.8 Å². The Hall–Kier alpha value is -0.780. The lowest BCUT2D eigenvalue weighted by Gasteiger charge is -2.38. The fraction of sp³-hybridized carbons (Fsp3) is 0.917. The van der Waals surface area contributed by atoms with Crippen LogP contribution < -0.4 is 5.32 Å². The topological polar surface area (TPSA) is 32.3 Å². The third-order valence-electron chi connectivity index (χ3n) is 2.89. The Morgan fingerprint density at radius 3 is 2.11 bits per heavy atom. The van der Waals surface area contributed by atoms with Gasteiger partial charge in [-0.05, 0) is 26.8 Å². The fourth-order valence-corrected chi connectivity index (χ4v) is 1.80. The first-order valence-corrected chi connectivity index (χ1v) is 6.26. The van der Waals surface area contributed by atoms with Crippen molar-refractivity contribution in [2.24, 2.45) is 0 Å². The van der Waals surface area contributed by atoms with Crippen molar-refractivity contribution < 1.29 is 18.0 Å². The number of hydrogen-bond donors (Lipinski definition) is 1. The van der Waals surface area contributed by atoms with Crippen molar-refractivity contribution in [3.8, 4) is 0 Å². The zero-order valence-corrected chi connectivity index (χ0v) is 11.5. The van der Waals surface area contributed by atoms with Crippen molar-refractivity contribution in [1.29, 1.82) is 0 Å². The molecular weight excluding hydrogens is 245 g/mol. The van der Waals surface area contributed by atoms with Gasteiger partial charge >= 0.3 is 6.18 Å². The van der Waals surface area contributed by atoms with E-state index in [9.17, 15) is 18.0 Å². The van der Waals surface area contributed by atoms with Crippen LogP contribution in [-0.4, -0.2) is 42.7 Å². The van der Waals surface area contributed by atoms with Crippen molar-refractivity contribution >= 4 is 5.91 Å². The molecule has 18 heavy (non-hydrogen) atoms. The second kappa shape index (κ2) is 6.97. The molecule has 0 spiro atoms. The molecule has 1 aliphatic rings. The number of piperidine rings is 1. The van der Waals surface area contributed by atoms with Gasteiger partial charge in [-0.3, -0.25) is 4.79 Å². The highest BCUT2D eigenvalue weighted by Crippen LogP contribution is 2.23. The van der Waals surface area contributed by atoms with E-state index in [1.54, 1.807) is 6.92 Å². The van der Waals surface area contributed by atoms with E-state index >= 15 is 0 Å². The number of hydrogen-bond acceptors (Lipinski definition) is 2. The number of likely N-dealkylation sites (tertiary alicyclic amines) is 1. The lowest BCUT2D eigenvalue weighted by molar-refractivity contribution is -0.155. The number of amides is 1. The highest BCUT2D eigenvalue weighted by atomic mass is 19.4. The van der Waals surface area contributed by atoms with E-state index in [1.807, 2.05) is 20.9 Å². The van der Waals surface area contributed by atoms with E-state index in [1.165, 1.54) is 0 Å². The van der Waals surface area contributed by atoms with Crippen molar-refractivity contribution in [2.45, 2.75) is 51.7 Å². The van der Waals surface area contributed by atoms with Gasteiger partial charge in [0, 0.05) is 18.6 Å². The summed E-state index contributed by atoms with van der Waals surface area (Å²) in [6.45, 7) is 7.39. The molecule has 1 fully saturated rings. The number of rotatable bonds is 2. The van der Waals surface area contributed by atoms with Crippen LogP contribution in [0.1, 0.15) is 40.0 Å². The maximum Gasteiger partial charge on any atom is 0.397 e. The number of carbonyl (C=O) groups excluding carboxylic acids is 1. The first-order chi connectivity index (χ1) is 8.20. The molecule has 1 aliphatic heterocycles. The Bertz CT molecular complexity index is 259. The molecule has 0 aromatic carbocycles. The summed E-state index contributed by atoms with van der Waals surface area (Å²) in [5, 5.41) is 2.49. The third-order valence-corrected chi connectivity index (χ3v) is 2.89. The van der Waals surface area contributed by atoms with Gasteiger partial charge in [-0.25, -0.2) is 0 Å². The molecule has 3 nitrogen and oxygen atoms in total. The molecule has 6 heteroatoms. The lowest BCUT2D eigenvalue weighted by atomic mass is 9.89. The minimum atomic E-state index is -4.42. The molecule has 0 aromatic rings. The van der Waals surface area contributed by atoms with Gasteiger partial charge in [0.15, 0.2) is 0 Å². The van der Waals surface area contributed by atoms with E-state index in [0.717, 1.165) is 13.1 Å². The Labute approximate surface area is 107 Å². The summed E-state index contributed by atoms with van der Waals surface area (Å²) in [4.78, 5) is 13.3. The van der Waals surface area contributed by atoms with Gasteiger partial charge in [-0.2, -0.15) is 13.2 Å². The van der Waals surface area contributed by atoms with E-state index in [0.29, 0.717) is 12.8 Å². The van der Waals surface area contributed by atoms with Crippen LogP contribution in [0.2, 0.25) is 0 Å². The summed E-state index contributed by atoms with van der Waals surface area (Å²) in [5.41, 5.74) is -0.491. The van der Waals surface area contributed by atoms with Crippen LogP contribution in [0.3, 0.4) is 0 Å². The maximum absolute atomic E-state index is 12.0. The zero-order chi connectivity index (χ0) is 14.4. The average Bonchev–Trinajstić information content (AvgIpc) is 2.23. The molecule has 1 rings (SSSR count). The number of nitrogens with zero attached hydrogens (tertiary/aromatic N) is 1. The summed E-state index contributed by atoms with van der Waals surface area (Å²) >= 11 is 0. The highest BCUT2D eigenvalue weighted by Gasteiger charge is 2.35. The minimum Gasteiger partial charge on any atom is -0.351 e. The molecule has 1 N–H and O–H groups in total. The van der Waals surface area contributed by atoms with Crippen molar-refractivity contribution in [1.82, 2.24) is 10.2 Å². The molecule has 1 saturated heterocycles. The summed E-state index contributed by atoms with van der Waals surface area (Å²) in [7, 11) is 1.96. The van der Waals surface area contributed by atoms with Gasteiger partial charge in [-0.15, -0.1) is 0 Å². The molecule has 0 unspecified atom stereocenters. The quantitative estimate of drug-likeness (QED) is 0.834. The third kappa shape index (κ3) is 6.83. The molecule has 108 valence electrons. The maximum atomic E-state index is 12.0. The SMILES string of the molecule is CC.CN1CCC(C)(NC(=O)CC(F)(F)F)CC1. The normalized spacial score (nSPS) is 19.7. The van der Waals surface area contributed by atoms with E-state index in [2.05, 4.69) is 10.2 Å². The van der Waals surface area contributed by atoms with Gasteiger partial charge in [0.1, 0.15) is 6.42 Å². The van der Waals surface area contributed by atoms with Crippen LogP contribution in [0.15, 0.2) is 0 Å². The second-order valence-electron chi connectivity index (χ2n) is 4.70. The molecule has 0 radical (unpaired) electrons. The lowest BCUT2D eigenvalue weighted by Crippen LogP contribution is -2.53. The molecule has 1 amide bonds. The number of alkyl halides is 3. The standard InChI is InChI=1S/C10H17F3N2O.C2H6/c1-9(3-5-15(2)6-4-9)14-8(16)7-10(11,12)13;1-2/h3-7H2,1-2H3,(H,14,16);1-2H3. The monoisotopic (exact) mass is 268 g/mol. The molecular formula is C12H23F3N2O. The Morgan fingerprint density at radius 2 is 1.72 bits per heavy atom. The molecule has 0 aliphatic carbocycles. The van der Waals surface area contributed by atoms with Crippen molar-refractivity contribution in [3.05, 3.63) is 0 Å². The van der Waals surface area contributed by atoms with E-state index in [-0.39, 0.29) is 0 Å². The van der Waals surface area contributed by atoms with Crippen LogP contribution in [0.4, 0.5) is 13.2 Å². The number of nitrogens with one attached hydrogen (secondary N) is 1. The van der Waals surface area contributed by atoms with Crippen LogP contribution in [0.25, 0.3) is 0 Å². The van der Waals surface area contributed by atoms with E-state index < -0.39 is 24.0 Å². The summed E-state index contributed by atoms with van der Waals surface area (Å²) in [6, 6.07) is 0. The fourth-order valence-electron chi connectivity index (χ4n) is 1.80. The smallest absolute Gasteiger partial charge is 0.351 e. The molecule has 0 aromatic heterocycles. The van der Waals surface area contributed by atoms with Gasteiger partial charge in [0.25, 0.3) is 0 Å². The number of halogens is 3. The van der Waals surface area contributed by atoms with Gasteiger partial charge in [0.05, 0.1) is 0 Å². The Kier molecular flexibility index (Phi) is 6.67. The second-order valence-corrected chi connectivity index (χ2v) is 4.70. The minimum absolute atomic E-state index is 0.491. The Balaban J connectivity index is 0.00000137. The van der Waals surface area contributed by atoms with Crippen LogP contribution >= 0.6 is 0 Å². The van der Waals surface area contributed by atoms with Crippen LogP contribution in [-0.2, 0) is 4.79 Å². The largest absolute Gasteiger partial charge is 0.397 e. The number of carbonyl (C=O) groups is 1. The van der Waals surface area contributed by atoms with Crippen LogP contribution in [0, 0.1) is 0 Å². The molecule has 0 saturated carbocycles. The summed E-state index contributed by atoms with van der Waals surface area (Å²) in [5.74, 6) is -0.931. The molecule has 0 atom stereocenters. The predicted octanol–water partition coefficient (Wildman–Crippen LogP) is 2.57. The van der Waals surface area contributed by atoms with Crippen molar-refractivity contribution in [3.63, 3.8) is 0 Å². The average molecular weight is 268 g/mol. The summed E-state index contributed by atoms with van der Waals surface area (Å²) < 4.78 is 35.9. The molecule has 1 heterocycles. The summed E-state index contributed by atoms with van der Waals surface area (Å²) in [6.07, 6.45) is -4.44. The van der Waals surface area contributed by atoms with Crippen molar-refractivity contribution in [2.75, 3.05) is 20.1 Å². The first-order valence-electron chi connectivity index (χ1n) is 6.26. The zero-order valence-electron chi connectivity index (χ0n) is 11.5. The molecule has 0 bridgehead atoms. The Morgan fingerprint density at radius 1 is 1.28 bits per heavy atom.